The second kappa shape index (κ2) is 4.72. The van der Waals surface area contributed by atoms with E-state index in [4.69, 9.17) is 4.74 Å². The van der Waals surface area contributed by atoms with E-state index in [9.17, 15) is 0 Å². The van der Waals surface area contributed by atoms with E-state index < -0.39 is 0 Å². The molecule has 1 aromatic rings. The molecule has 3 heteroatoms. The zero-order valence-electron chi connectivity index (χ0n) is 7.45. The number of methoxy groups -OCH3 is 1. The summed E-state index contributed by atoms with van der Waals surface area (Å²) in [6, 6.07) is 3.78. The van der Waals surface area contributed by atoms with Crippen LogP contribution in [0.5, 0.6) is 0 Å². The number of hydrogen-bond donors (Lipinski definition) is 0. The maximum absolute atomic E-state index is 4.96. The van der Waals surface area contributed by atoms with Crippen molar-refractivity contribution in [2.75, 3.05) is 32.2 Å². The largest absolute Gasteiger partial charge is 0.383 e. The van der Waals surface area contributed by atoms with Crippen molar-refractivity contribution >= 4 is 5.69 Å². The van der Waals surface area contributed by atoms with E-state index in [2.05, 4.69) is 16.1 Å². The molecule has 0 aromatic carbocycles. The molecule has 0 unspecified atom stereocenters. The van der Waals surface area contributed by atoms with Gasteiger partial charge in [0, 0.05) is 20.7 Å². The zero-order valence-corrected chi connectivity index (χ0v) is 7.45. The Hall–Kier alpha value is -1.09. The number of pyridine rings is 1. The average molecular weight is 165 g/mol. The Balaban J connectivity index is 2.48. The highest BCUT2D eigenvalue weighted by Gasteiger charge is 1.97. The normalized spacial score (nSPS) is 9.83. The van der Waals surface area contributed by atoms with Crippen LogP contribution in [0.15, 0.2) is 18.3 Å². The first-order valence-electron chi connectivity index (χ1n) is 3.87. The topological polar surface area (TPSA) is 25.4 Å². The number of nitrogens with zero attached hydrogens (tertiary/aromatic N) is 2. The zero-order chi connectivity index (χ0) is 8.81. The molecule has 0 aliphatic carbocycles. The molecule has 0 spiro atoms. The van der Waals surface area contributed by atoms with E-state index >= 15 is 0 Å². The van der Waals surface area contributed by atoms with Crippen LogP contribution in [-0.4, -0.2) is 32.3 Å². The van der Waals surface area contributed by atoms with Crippen molar-refractivity contribution in [2.24, 2.45) is 0 Å². The van der Waals surface area contributed by atoms with E-state index in [0.29, 0.717) is 0 Å². The number of aromatic nitrogens is 1. The summed E-state index contributed by atoms with van der Waals surface area (Å²) in [5, 5.41) is 0. The molecule has 12 heavy (non-hydrogen) atoms. The first-order chi connectivity index (χ1) is 5.84. The predicted molar refractivity (Wildman–Crippen MR) is 48.2 cm³/mol. The van der Waals surface area contributed by atoms with Gasteiger partial charge in [0.1, 0.15) is 0 Å². The SMILES string of the molecule is COCCN(C)c1cc[c]nc1. The third kappa shape index (κ3) is 2.51. The number of ether oxygens (including phenoxy) is 1. The first kappa shape index (κ1) is 9.00. The van der Waals surface area contributed by atoms with Gasteiger partial charge < -0.3 is 9.64 Å². The van der Waals surface area contributed by atoms with Gasteiger partial charge in [-0.15, -0.1) is 0 Å². The molecule has 0 fully saturated rings. The lowest BCUT2D eigenvalue weighted by Gasteiger charge is -2.17. The van der Waals surface area contributed by atoms with Crippen LogP contribution < -0.4 is 4.90 Å². The minimum absolute atomic E-state index is 0.731. The molecule has 0 atom stereocenters. The quantitative estimate of drug-likeness (QED) is 0.664. The third-order valence-electron chi connectivity index (χ3n) is 1.67. The van der Waals surface area contributed by atoms with Crippen molar-refractivity contribution in [3.8, 4) is 0 Å². The van der Waals surface area contributed by atoms with E-state index in [1.165, 1.54) is 0 Å². The second-order valence-corrected chi connectivity index (χ2v) is 2.56. The molecule has 0 saturated heterocycles. The number of rotatable bonds is 4. The van der Waals surface area contributed by atoms with Crippen LogP contribution in [0.25, 0.3) is 0 Å². The molecule has 1 rings (SSSR count). The fourth-order valence-electron chi connectivity index (χ4n) is 0.895. The highest BCUT2D eigenvalue weighted by Crippen LogP contribution is 2.07. The Morgan fingerprint density at radius 1 is 1.67 bits per heavy atom. The Kier molecular flexibility index (Phi) is 3.54. The molecular formula is C9H13N2O. The summed E-state index contributed by atoms with van der Waals surface area (Å²) >= 11 is 0. The van der Waals surface area contributed by atoms with Crippen LogP contribution in [0.3, 0.4) is 0 Å². The fraction of sp³-hybridized carbons (Fsp3) is 0.444. The molecule has 1 radical (unpaired) electrons. The van der Waals surface area contributed by atoms with Crippen LogP contribution >= 0.6 is 0 Å². The van der Waals surface area contributed by atoms with Crippen molar-refractivity contribution in [3.05, 3.63) is 24.5 Å². The molecule has 0 saturated carbocycles. The second-order valence-electron chi connectivity index (χ2n) is 2.56. The minimum Gasteiger partial charge on any atom is -0.383 e. The monoisotopic (exact) mass is 165 g/mol. The van der Waals surface area contributed by atoms with E-state index in [-0.39, 0.29) is 0 Å². The van der Waals surface area contributed by atoms with Gasteiger partial charge in [-0.3, -0.25) is 4.98 Å². The Bertz CT molecular complexity index is 213. The van der Waals surface area contributed by atoms with E-state index in [0.717, 1.165) is 18.8 Å². The van der Waals surface area contributed by atoms with E-state index in [1.54, 1.807) is 19.4 Å². The molecule has 0 bridgehead atoms. The summed E-state index contributed by atoms with van der Waals surface area (Å²) in [4.78, 5) is 5.99. The number of likely N-dealkylation sites (N-methyl/N-ethyl adjacent to an activating group) is 1. The lowest BCUT2D eigenvalue weighted by molar-refractivity contribution is 0.206. The van der Waals surface area contributed by atoms with Gasteiger partial charge in [-0.1, -0.05) is 0 Å². The molecule has 1 heterocycles. The molecule has 0 N–H and O–H groups in total. The average Bonchev–Trinajstić information content (AvgIpc) is 2.15. The molecule has 0 amide bonds. The van der Waals surface area contributed by atoms with Gasteiger partial charge >= 0.3 is 0 Å². The lowest BCUT2D eigenvalue weighted by Crippen LogP contribution is -2.21. The third-order valence-corrected chi connectivity index (χ3v) is 1.67. The van der Waals surface area contributed by atoms with Crippen LogP contribution in [-0.2, 0) is 4.74 Å². The summed E-state index contributed by atoms with van der Waals surface area (Å²) < 4.78 is 4.96. The van der Waals surface area contributed by atoms with E-state index in [1.807, 2.05) is 13.1 Å². The molecule has 65 valence electrons. The summed E-state index contributed by atoms with van der Waals surface area (Å²) in [7, 11) is 3.71. The van der Waals surface area contributed by atoms with Crippen molar-refractivity contribution < 1.29 is 4.74 Å². The van der Waals surface area contributed by atoms with Gasteiger partial charge in [-0.25, -0.2) is 0 Å². The number of hydrogen-bond acceptors (Lipinski definition) is 3. The smallest absolute Gasteiger partial charge is 0.0887 e. The van der Waals surface area contributed by atoms with Gasteiger partial charge in [0.25, 0.3) is 0 Å². The van der Waals surface area contributed by atoms with Crippen molar-refractivity contribution in [2.45, 2.75) is 0 Å². The van der Waals surface area contributed by atoms with Crippen LogP contribution in [0.2, 0.25) is 0 Å². The van der Waals surface area contributed by atoms with Crippen molar-refractivity contribution in [1.29, 1.82) is 0 Å². The summed E-state index contributed by atoms with van der Waals surface area (Å²) in [5.41, 5.74) is 1.09. The minimum atomic E-state index is 0.731. The summed E-state index contributed by atoms with van der Waals surface area (Å²) in [6.45, 7) is 1.61. The summed E-state index contributed by atoms with van der Waals surface area (Å²) in [6.07, 6.45) is 4.52. The van der Waals surface area contributed by atoms with Gasteiger partial charge in [-0.2, -0.15) is 0 Å². The fourth-order valence-corrected chi connectivity index (χ4v) is 0.895. The van der Waals surface area contributed by atoms with Crippen molar-refractivity contribution in [3.63, 3.8) is 0 Å². The predicted octanol–water partition coefficient (Wildman–Crippen LogP) is 0.964. The van der Waals surface area contributed by atoms with Gasteiger partial charge in [0.05, 0.1) is 24.7 Å². The maximum Gasteiger partial charge on any atom is 0.0887 e. The molecule has 1 aromatic heterocycles. The Labute approximate surface area is 73.0 Å². The highest BCUT2D eigenvalue weighted by molar-refractivity contribution is 5.42. The molecule has 0 aliphatic heterocycles. The lowest BCUT2D eigenvalue weighted by atomic mass is 10.4. The standard InChI is InChI=1S/C9H13N2O/c1-11(6-7-12-2)9-4-3-5-10-8-9/h3-4,8H,6-7H2,1-2H3. The van der Waals surface area contributed by atoms with Crippen LogP contribution in [0, 0.1) is 6.20 Å². The molecular weight excluding hydrogens is 152 g/mol. The Morgan fingerprint density at radius 3 is 3.08 bits per heavy atom. The van der Waals surface area contributed by atoms with Gasteiger partial charge in [0.2, 0.25) is 0 Å². The summed E-state index contributed by atoms with van der Waals surface area (Å²) in [5.74, 6) is 0. The first-order valence-corrected chi connectivity index (χ1v) is 3.87. The Morgan fingerprint density at radius 2 is 2.50 bits per heavy atom. The van der Waals surface area contributed by atoms with Crippen LogP contribution in [0.1, 0.15) is 0 Å². The maximum atomic E-state index is 4.96. The van der Waals surface area contributed by atoms with Gasteiger partial charge in [0.15, 0.2) is 0 Å². The van der Waals surface area contributed by atoms with Crippen LogP contribution in [0.4, 0.5) is 5.69 Å². The number of anilines is 1. The molecule has 0 aliphatic rings. The van der Waals surface area contributed by atoms with Crippen molar-refractivity contribution in [1.82, 2.24) is 4.98 Å². The molecule has 3 nitrogen and oxygen atoms in total. The van der Waals surface area contributed by atoms with Gasteiger partial charge in [-0.05, 0) is 12.1 Å². The highest BCUT2D eigenvalue weighted by atomic mass is 16.5.